The summed E-state index contributed by atoms with van der Waals surface area (Å²) in [6.07, 6.45) is 0. The number of sulfonamides is 1. The van der Waals surface area contributed by atoms with Crippen LogP contribution in [0.5, 0.6) is 5.75 Å². The van der Waals surface area contributed by atoms with Gasteiger partial charge in [0, 0.05) is 17.3 Å². The predicted molar refractivity (Wildman–Crippen MR) is 119 cm³/mol. The summed E-state index contributed by atoms with van der Waals surface area (Å²) >= 11 is 0. The number of ether oxygens (including phenoxy) is 1. The number of anilines is 1. The second-order valence-corrected chi connectivity index (χ2v) is 9.13. The quantitative estimate of drug-likeness (QED) is 0.584. The molecule has 9 heteroatoms. The van der Waals surface area contributed by atoms with Gasteiger partial charge in [-0.05, 0) is 64.1 Å². The van der Waals surface area contributed by atoms with Crippen LogP contribution in [0.2, 0.25) is 0 Å². The van der Waals surface area contributed by atoms with E-state index in [1.54, 1.807) is 30.7 Å². The number of benzene rings is 2. The minimum absolute atomic E-state index is 0.0943. The van der Waals surface area contributed by atoms with Crippen LogP contribution in [-0.2, 0) is 10.0 Å². The van der Waals surface area contributed by atoms with Gasteiger partial charge in [0.05, 0.1) is 24.2 Å². The summed E-state index contributed by atoms with van der Waals surface area (Å²) in [5, 5.41) is 7.34. The van der Waals surface area contributed by atoms with Gasteiger partial charge in [-0.3, -0.25) is 4.79 Å². The molecule has 3 rings (SSSR count). The number of carbonyl (C=O) groups excluding carboxylic acids is 1. The summed E-state index contributed by atoms with van der Waals surface area (Å²) in [5.74, 6) is -0.287. The molecular weight excluding hydrogens is 416 g/mol. The van der Waals surface area contributed by atoms with Crippen LogP contribution in [-0.4, -0.2) is 37.3 Å². The second kappa shape index (κ2) is 8.91. The first-order valence-electron chi connectivity index (χ1n) is 9.77. The van der Waals surface area contributed by atoms with Crippen molar-refractivity contribution in [2.45, 2.75) is 38.6 Å². The Bertz CT molecular complexity index is 1220. The zero-order chi connectivity index (χ0) is 22.8. The van der Waals surface area contributed by atoms with Crippen molar-refractivity contribution in [2.24, 2.45) is 0 Å². The van der Waals surface area contributed by atoms with E-state index in [0.717, 1.165) is 11.4 Å². The fraction of sp³-hybridized carbons (Fsp3) is 0.273. The summed E-state index contributed by atoms with van der Waals surface area (Å²) in [6.45, 7) is 7.27. The van der Waals surface area contributed by atoms with Gasteiger partial charge in [-0.15, -0.1) is 0 Å². The fourth-order valence-corrected chi connectivity index (χ4v) is 4.68. The minimum atomic E-state index is -3.85. The first-order valence-corrected chi connectivity index (χ1v) is 11.2. The maximum atomic E-state index is 13.0. The SMILES string of the molecule is COc1ccc(C(=O)Nc2ccccc2-n2nc(C)cc2C)cc1S(=O)(=O)NC(C)C. The highest BCUT2D eigenvalue weighted by Crippen LogP contribution is 2.27. The molecule has 31 heavy (non-hydrogen) atoms. The van der Waals surface area contributed by atoms with E-state index in [1.165, 1.54) is 25.3 Å². The number of rotatable bonds is 7. The zero-order valence-electron chi connectivity index (χ0n) is 18.1. The zero-order valence-corrected chi connectivity index (χ0v) is 18.9. The van der Waals surface area contributed by atoms with Crippen LogP contribution in [0.3, 0.4) is 0 Å². The number of nitrogens with zero attached hydrogens (tertiary/aromatic N) is 2. The van der Waals surface area contributed by atoms with Crippen LogP contribution < -0.4 is 14.8 Å². The molecule has 0 atom stereocenters. The van der Waals surface area contributed by atoms with Gasteiger partial charge in [-0.25, -0.2) is 17.8 Å². The lowest BCUT2D eigenvalue weighted by atomic mass is 10.2. The Balaban J connectivity index is 1.97. The number of carbonyl (C=O) groups is 1. The van der Waals surface area contributed by atoms with Gasteiger partial charge in [0.2, 0.25) is 10.0 Å². The summed E-state index contributed by atoms with van der Waals surface area (Å²) in [5.41, 5.74) is 3.25. The average molecular weight is 443 g/mol. The van der Waals surface area contributed by atoms with E-state index in [-0.39, 0.29) is 22.3 Å². The highest BCUT2D eigenvalue weighted by atomic mass is 32.2. The highest BCUT2D eigenvalue weighted by Gasteiger charge is 2.23. The molecule has 0 aliphatic rings. The summed E-state index contributed by atoms with van der Waals surface area (Å²) in [4.78, 5) is 12.9. The number of aryl methyl sites for hydroxylation is 2. The van der Waals surface area contributed by atoms with Crippen molar-refractivity contribution in [3.8, 4) is 11.4 Å². The van der Waals surface area contributed by atoms with Crippen LogP contribution in [0.25, 0.3) is 5.69 Å². The molecule has 0 radical (unpaired) electrons. The normalized spacial score (nSPS) is 11.5. The van der Waals surface area contributed by atoms with Gasteiger partial charge < -0.3 is 10.1 Å². The predicted octanol–water partition coefficient (Wildman–Crippen LogP) is 3.44. The smallest absolute Gasteiger partial charge is 0.255 e. The topological polar surface area (TPSA) is 102 Å². The number of para-hydroxylation sites is 2. The molecule has 0 fully saturated rings. The molecule has 2 aromatic carbocycles. The summed E-state index contributed by atoms with van der Waals surface area (Å²) < 4.78 is 34.9. The van der Waals surface area contributed by atoms with Gasteiger partial charge in [0.25, 0.3) is 5.91 Å². The van der Waals surface area contributed by atoms with Crippen molar-refractivity contribution in [1.29, 1.82) is 0 Å². The van der Waals surface area contributed by atoms with Gasteiger partial charge in [0.1, 0.15) is 10.6 Å². The summed E-state index contributed by atoms with van der Waals surface area (Å²) in [6, 6.07) is 13.2. The van der Waals surface area contributed by atoms with Crippen molar-refractivity contribution >= 4 is 21.6 Å². The third-order valence-electron chi connectivity index (χ3n) is 4.50. The van der Waals surface area contributed by atoms with Crippen molar-refractivity contribution in [1.82, 2.24) is 14.5 Å². The lowest BCUT2D eigenvalue weighted by Gasteiger charge is -2.15. The molecule has 1 aromatic heterocycles. The molecule has 0 saturated carbocycles. The van der Waals surface area contributed by atoms with Crippen molar-refractivity contribution in [3.05, 3.63) is 65.5 Å². The van der Waals surface area contributed by atoms with Gasteiger partial charge in [0.15, 0.2) is 0 Å². The van der Waals surface area contributed by atoms with E-state index in [2.05, 4.69) is 15.1 Å². The van der Waals surface area contributed by atoms with E-state index in [1.807, 2.05) is 32.0 Å². The van der Waals surface area contributed by atoms with E-state index in [4.69, 9.17) is 4.74 Å². The Morgan fingerprint density at radius 1 is 1.10 bits per heavy atom. The van der Waals surface area contributed by atoms with E-state index in [0.29, 0.717) is 11.4 Å². The molecule has 0 unspecified atom stereocenters. The van der Waals surface area contributed by atoms with Gasteiger partial charge in [-0.2, -0.15) is 5.10 Å². The van der Waals surface area contributed by atoms with E-state index < -0.39 is 15.9 Å². The maximum Gasteiger partial charge on any atom is 0.255 e. The minimum Gasteiger partial charge on any atom is -0.495 e. The number of aromatic nitrogens is 2. The van der Waals surface area contributed by atoms with Crippen LogP contribution in [0, 0.1) is 13.8 Å². The lowest BCUT2D eigenvalue weighted by molar-refractivity contribution is 0.102. The third-order valence-corrected chi connectivity index (χ3v) is 6.18. The number of methoxy groups -OCH3 is 1. The van der Waals surface area contributed by atoms with Crippen LogP contribution >= 0.6 is 0 Å². The third kappa shape index (κ3) is 4.95. The first kappa shape index (κ1) is 22.5. The van der Waals surface area contributed by atoms with Crippen LogP contribution in [0.1, 0.15) is 35.6 Å². The Morgan fingerprint density at radius 3 is 2.42 bits per heavy atom. The fourth-order valence-electron chi connectivity index (χ4n) is 3.23. The number of hydrogen-bond acceptors (Lipinski definition) is 5. The van der Waals surface area contributed by atoms with Crippen molar-refractivity contribution in [3.63, 3.8) is 0 Å². The Hall–Kier alpha value is -3.17. The molecule has 0 spiro atoms. The molecular formula is C22H26N4O4S. The van der Waals surface area contributed by atoms with Gasteiger partial charge >= 0.3 is 0 Å². The van der Waals surface area contributed by atoms with Crippen LogP contribution in [0.15, 0.2) is 53.4 Å². The van der Waals surface area contributed by atoms with Crippen LogP contribution in [0.4, 0.5) is 5.69 Å². The maximum absolute atomic E-state index is 13.0. The second-order valence-electron chi connectivity index (χ2n) is 7.45. The molecule has 0 aliphatic heterocycles. The van der Waals surface area contributed by atoms with Crippen molar-refractivity contribution < 1.29 is 17.9 Å². The molecule has 3 aromatic rings. The standard InChI is InChI=1S/C22H26N4O4S/c1-14(2)25-31(28,29)21-13-17(10-11-20(21)30-5)22(27)23-18-8-6-7-9-19(18)26-16(4)12-15(3)24-26/h6-14,25H,1-5H3,(H,23,27). The number of amides is 1. The lowest BCUT2D eigenvalue weighted by Crippen LogP contribution is -2.30. The average Bonchev–Trinajstić information content (AvgIpc) is 3.04. The van der Waals surface area contributed by atoms with Crippen molar-refractivity contribution in [2.75, 3.05) is 12.4 Å². The Labute approximate surface area is 182 Å². The summed E-state index contributed by atoms with van der Waals surface area (Å²) in [7, 11) is -2.47. The molecule has 0 bridgehead atoms. The molecule has 8 nitrogen and oxygen atoms in total. The number of hydrogen-bond donors (Lipinski definition) is 2. The van der Waals surface area contributed by atoms with E-state index in [9.17, 15) is 13.2 Å². The molecule has 164 valence electrons. The number of nitrogens with one attached hydrogen (secondary N) is 2. The largest absolute Gasteiger partial charge is 0.495 e. The molecule has 1 amide bonds. The Kier molecular flexibility index (Phi) is 6.47. The molecule has 0 saturated heterocycles. The molecule has 0 aliphatic carbocycles. The first-order chi connectivity index (χ1) is 14.6. The van der Waals surface area contributed by atoms with E-state index >= 15 is 0 Å². The van der Waals surface area contributed by atoms with Gasteiger partial charge in [-0.1, -0.05) is 12.1 Å². The monoisotopic (exact) mass is 442 g/mol. The Morgan fingerprint density at radius 2 is 1.81 bits per heavy atom. The molecule has 1 heterocycles. The molecule has 2 N–H and O–H groups in total. The highest BCUT2D eigenvalue weighted by molar-refractivity contribution is 7.89.